The van der Waals surface area contributed by atoms with Crippen LogP contribution in [0.4, 0.5) is 0 Å². The van der Waals surface area contributed by atoms with Crippen LogP contribution in [0.1, 0.15) is 46.5 Å². The van der Waals surface area contributed by atoms with Crippen LogP contribution in [0.15, 0.2) is 0 Å². The first kappa shape index (κ1) is 17.9. The van der Waals surface area contributed by atoms with Crippen LogP contribution in [0.5, 0.6) is 0 Å². The van der Waals surface area contributed by atoms with Gasteiger partial charge in [0.2, 0.25) is 0 Å². The highest BCUT2D eigenvalue weighted by atomic mass is 16.5. The fourth-order valence-corrected chi connectivity index (χ4v) is 2.50. The minimum absolute atomic E-state index is 0.155. The number of nitrogens with one attached hydrogen (secondary N) is 1. The third-order valence-electron chi connectivity index (χ3n) is 3.92. The zero-order valence-corrected chi connectivity index (χ0v) is 13.8. The summed E-state index contributed by atoms with van der Waals surface area (Å²) in [6.07, 6.45) is 4.81. The molecule has 0 heterocycles. The molecule has 1 rings (SSSR count). The Morgan fingerprint density at radius 2 is 2.05 bits per heavy atom. The fourth-order valence-electron chi connectivity index (χ4n) is 2.50. The van der Waals surface area contributed by atoms with Crippen molar-refractivity contribution in [2.45, 2.75) is 58.0 Å². The summed E-state index contributed by atoms with van der Waals surface area (Å²) in [4.78, 5) is 2.32. The first-order valence-corrected chi connectivity index (χ1v) is 8.10. The van der Waals surface area contributed by atoms with Gasteiger partial charge in [-0.15, -0.1) is 0 Å². The molecule has 2 N–H and O–H groups in total. The summed E-state index contributed by atoms with van der Waals surface area (Å²) in [5.74, 6) is 0.854. The van der Waals surface area contributed by atoms with Gasteiger partial charge in [-0.1, -0.05) is 13.8 Å². The lowest BCUT2D eigenvalue weighted by Gasteiger charge is -2.32. The number of hydrogen-bond acceptors (Lipinski definition) is 4. The summed E-state index contributed by atoms with van der Waals surface area (Å²) < 4.78 is 5.66. The van der Waals surface area contributed by atoms with Crippen molar-refractivity contribution < 1.29 is 9.84 Å². The minimum atomic E-state index is -0.155. The van der Waals surface area contributed by atoms with E-state index in [-0.39, 0.29) is 12.1 Å². The Hall–Kier alpha value is -0.160. The summed E-state index contributed by atoms with van der Waals surface area (Å²) >= 11 is 0. The van der Waals surface area contributed by atoms with Gasteiger partial charge in [-0.2, -0.15) is 0 Å². The van der Waals surface area contributed by atoms with Gasteiger partial charge < -0.3 is 20.1 Å². The fraction of sp³-hybridized carbons (Fsp3) is 1.00. The molecular formula is C16H34N2O2. The van der Waals surface area contributed by atoms with Gasteiger partial charge in [0.15, 0.2) is 0 Å². The monoisotopic (exact) mass is 286 g/mol. The van der Waals surface area contributed by atoms with Gasteiger partial charge in [0.05, 0.1) is 13.2 Å². The van der Waals surface area contributed by atoms with Gasteiger partial charge in [0, 0.05) is 24.7 Å². The van der Waals surface area contributed by atoms with Gasteiger partial charge in [-0.25, -0.2) is 0 Å². The molecule has 0 radical (unpaired) electrons. The lowest BCUT2D eigenvalue weighted by molar-refractivity contribution is 0.100. The van der Waals surface area contributed by atoms with Crippen molar-refractivity contribution >= 4 is 0 Å². The van der Waals surface area contributed by atoms with E-state index in [9.17, 15) is 5.11 Å². The molecule has 0 bridgehead atoms. The highest BCUT2D eigenvalue weighted by Crippen LogP contribution is 2.28. The molecule has 1 aliphatic carbocycles. The molecule has 120 valence electrons. The Morgan fingerprint density at radius 3 is 2.60 bits per heavy atom. The Balaban J connectivity index is 2.04. The number of aliphatic hydroxyl groups is 1. The maximum absolute atomic E-state index is 9.53. The number of hydrogen-bond donors (Lipinski definition) is 2. The molecule has 0 aromatic heterocycles. The van der Waals surface area contributed by atoms with Crippen molar-refractivity contribution in [3.05, 3.63) is 0 Å². The molecule has 0 aliphatic heterocycles. The van der Waals surface area contributed by atoms with Gasteiger partial charge in [-0.05, 0) is 52.1 Å². The number of rotatable bonds is 12. The van der Waals surface area contributed by atoms with E-state index in [4.69, 9.17) is 4.74 Å². The highest BCUT2D eigenvalue weighted by molar-refractivity contribution is 4.84. The summed E-state index contributed by atoms with van der Waals surface area (Å²) in [5, 5.41) is 13.0. The van der Waals surface area contributed by atoms with Crippen LogP contribution < -0.4 is 5.32 Å². The predicted octanol–water partition coefficient (Wildman–Crippen LogP) is 1.87. The first-order valence-electron chi connectivity index (χ1n) is 8.10. The van der Waals surface area contributed by atoms with Crippen molar-refractivity contribution in [3.8, 4) is 0 Å². The number of aliphatic hydroxyl groups excluding tert-OH is 1. The molecule has 0 aromatic rings. The molecular weight excluding hydrogens is 252 g/mol. The summed E-state index contributed by atoms with van der Waals surface area (Å²) in [7, 11) is 2.15. The molecule has 1 atom stereocenters. The topological polar surface area (TPSA) is 44.7 Å². The highest BCUT2D eigenvalue weighted by Gasteiger charge is 2.23. The molecule has 0 amide bonds. The van der Waals surface area contributed by atoms with Crippen LogP contribution in [0.25, 0.3) is 0 Å². The van der Waals surface area contributed by atoms with Crippen molar-refractivity contribution in [1.29, 1.82) is 0 Å². The summed E-state index contributed by atoms with van der Waals surface area (Å²) in [6.45, 7) is 10.4. The third kappa shape index (κ3) is 8.20. The third-order valence-corrected chi connectivity index (χ3v) is 3.92. The quantitative estimate of drug-likeness (QED) is 0.538. The van der Waals surface area contributed by atoms with Crippen LogP contribution >= 0.6 is 0 Å². The average molecular weight is 286 g/mol. The van der Waals surface area contributed by atoms with Crippen LogP contribution in [-0.4, -0.2) is 61.5 Å². The molecule has 0 spiro atoms. The normalized spacial score (nSPS) is 18.8. The zero-order valence-electron chi connectivity index (χ0n) is 13.8. The number of nitrogens with zero attached hydrogens (tertiary/aromatic N) is 1. The number of likely N-dealkylation sites (N-methyl/N-ethyl adjacent to an activating group) is 1. The largest absolute Gasteiger partial charge is 0.394 e. The molecule has 1 fully saturated rings. The van der Waals surface area contributed by atoms with Crippen molar-refractivity contribution in [2.75, 3.05) is 40.0 Å². The van der Waals surface area contributed by atoms with E-state index in [1.54, 1.807) is 0 Å². The first-order chi connectivity index (χ1) is 9.45. The second kappa shape index (κ2) is 8.98. The van der Waals surface area contributed by atoms with Crippen LogP contribution in [0.2, 0.25) is 0 Å². The van der Waals surface area contributed by atoms with E-state index < -0.39 is 0 Å². The lowest BCUT2D eigenvalue weighted by atomic mass is 9.95. The molecule has 0 aromatic carbocycles. The van der Waals surface area contributed by atoms with Gasteiger partial charge >= 0.3 is 0 Å². The Labute approximate surface area is 124 Å². The van der Waals surface area contributed by atoms with Crippen LogP contribution in [0.3, 0.4) is 0 Å². The number of ether oxygens (including phenoxy) is 1. The minimum Gasteiger partial charge on any atom is -0.394 e. The SMILES string of the molecule is CC(C)NC(C)(CO)CCCN(C)CCOCC1CC1. The lowest BCUT2D eigenvalue weighted by Crippen LogP contribution is -2.49. The van der Waals surface area contributed by atoms with Crippen LogP contribution in [0, 0.1) is 5.92 Å². The van der Waals surface area contributed by atoms with Gasteiger partial charge in [0.1, 0.15) is 0 Å². The van der Waals surface area contributed by atoms with E-state index in [1.165, 1.54) is 12.8 Å². The standard InChI is InChI=1S/C16H34N2O2/c1-14(2)17-16(3,13-19)8-5-9-18(4)10-11-20-12-15-6-7-15/h14-15,17,19H,5-13H2,1-4H3. The van der Waals surface area contributed by atoms with Gasteiger partial charge in [0.25, 0.3) is 0 Å². The predicted molar refractivity (Wildman–Crippen MR) is 84.0 cm³/mol. The molecule has 1 unspecified atom stereocenters. The van der Waals surface area contributed by atoms with E-state index in [0.29, 0.717) is 6.04 Å². The Morgan fingerprint density at radius 1 is 1.35 bits per heavy atom. The summed E-state index contributed by atoms with van der Waals surface area (Å²) in [6, 6.07) is 0.403. The molecule has 4 nitrogen and oxygen atoms in total. The van der Waals surface area contributed by atoms with E-state index in [0.717, 1.165) is 45.1 Å². The van der Waals surface area contributed by atoms with Crippen molar-refractivity contribution in [1.82, 2.24) is 10.2 Å². The van der Waals surface area contributed by atoms with Crippen molar-refractivity contribution in [2.24, 2.45) is 5.92 Å². The van der Waals surface area contributed by atoms with E-state index in [2.05, 4.69) is 38.0 Å². The Kier molecular flexibility index (Phi) is 8.03. The molecule has 4 heteroatoms. The molecule has 1 aliphatic rings. The second-order valence-electron chi connectivity index (χ2n) is 6.94. The van der Waals surface area contributed by atoms with E-state index >= 15 is 0 Å². The Bertz CT molecular complexity index is 257. The molecule has 1 saturated carbocycles. The maximum Gasteiger partial charge on any atom is 0.0610 e. The second-order valence-corrected chi connectivity index (χ2v) is 6.94. The molecule has 20 heavy (non-hydrogen) atoms. The van der Waals surface area contributed by atoms with E-state index in [1.807, 2.05) is 0 Å². The average Bonchev–Trinajstić information content (AvgIpc) is 3.18. The van der Waals surface area contributed by atoms with Crippen molar-refractivity contribution in [3.63, 3.8) is 0 Å². The summed E-state index contributed by atoms with van der Waals surface area (Å²) in [5.41, 5.74) is -0.155. The zero-order chi connectivity index (χ0) is 15.0. The molecule has 0 saturated heterocycles. The maximum atomic E-state index is 9.53. The van der Waals surface area contributed by atoms with Crippen LogP contribution in [-0.2, 0) is 4.74 Å². The smallest absolute Gasteiger partial charge is 0.0610 e. The van der Waals surface area contributed by atoms with Gasteiger partial charge in [-0.3, -0.25) is 0 Å².